The molecule has 1 heterocycles. The molecule has 0 saturated heterocycles. The Morgan fingerprint density at radius 1 is 1.00 bits per heavy atom. The number of rotatable bonds is 4. The Labute approximate surface area is 185 Å². The number of carbonyl (C=O) groups excluding carboxylic acids is 1. The Hall–Kier alpha value is -2.54. The number of nitrogens with zero attached hydrogens (tertiary/aromatic N) is 1. The van der Waals surface area contributed by atoms with Crippen LogP contribution in [0.2, 0.25) is 10.0 Å². The van der Waals surface area contributed by atoms with Gasteiger partial charge in [0.15, 0.2) is 0 Å². The van der Waals surface area contributed by atoms with E-state index in [-0.39, 0.29) is 15.5 Å². The zero-order valence-electron chi connectivity index (χ0n) is 16.0. The van der Waals surface area contributed by atoms with Crippen molar-refractivity contribution >= 4 is 50.5 Å². The molecular weight excluding hydrogens is 443 g/mol. The van der Waals surface area contributed by atoms with E-state index in [1.165, 1.54) is 22.5 Å². The molecule has 4 rings (SSSR count). The van der Waals surface area contributed by atoms with E-state index >= 15 is 0 Å². The third-order valence-corrected chi connectivity index (χ3v) is 7.83. The molecule has 3 aromatic carbocycles. The second-order valence-electron chi connectivity index (χ2n) is 6.97. The number of anilines is 2. The van der Waals surface area contributed by atoms with Crippen LogP contribution in [0.5, 0.6) is 0 Å². The Kier molecular flexibility index (Phi) is 5.49. The first-order chi connectivity index (χ1) is 14.3. The third-order valence-electron chi connectivity index (χ3n) is 5.12. The molecule has 0 aliphatic carbocycles. The van der Waals surface area contributed by atoms with E-state index < -0.39 is 15.9 Å². The Bertz CT molecular complexity index is 1260. The van der Waals surface area contributed by atoms with Gasteiger partial charge < -0.3 is 5.32 Å². The highest BCUT2D eigenvalue weighted by Gasteiger charge is 2.32. The monoisotopic (exact) mass is 460 g/mol. The smallest absolute Gasteiger partial charge is 0.265 e. The van der Waals surface area contributed by atoms with Gasteiger partial charge in [0.05, 0.1) is 10.7 Å². The summed E-state index contributed by atoms with van der Waals surface area (Å²) in [7, 11) is -3.93. The zero-order chi connectivity index (χ0) is 21.5. The molecule has 0 bridgehead atoms. The summed E-state index contributed by atoms with van der Waals surface area (Å²) in [6.07, 6.45) is 0.626. The Morgan fingerprint density at radius 2 is 1.77 bits per heavy atom. The summed E-state index contributed by atoms with van der Waals surface area (Å²) in [6, 6.07) is 16.8. The van der Waals surface area contributed by atoms with Crippen LogP contribution in [0.1, 0.15) is 21.5 Å². The first-order valence-electron chi connectivity index (χ1n) is 9.25. The van der Waals surface area contributed by atoms with Crippen LogP contribution in [-0.2, 0) is 16.4 Å². The number of fused-ring (bicyclic) bond motifs is 1. The fraction of sp³-hybridized carbons (Fsp3) is 0.136. The van der Waals surface area contributed by atoms with E-state index in [1.807, 2.05) is 12.1 Å². The number of nitrogens with one attached hydrogen (secondary N) is 1. The Balaban J connectivity index is 1.68. The minimum atomic E-state index is -3.93. The molecule has 0 spiro atoms. The molecule has 30 heavy (non-hydrogen) atoms. The van der Waals surface area contributed by atoms with Crippen molar-refractivity contribution in [3.05, 3.63) is 87.4 Å². The van der Waals surface area contributed by atoms with E-state index in [0.29, 0.717) is 29.4 Å². The van der Waals surface area contributed by atoms with E-state index in [0.717, 1.165) is 11.1 Å². The van der Waals surface area contributed by atoms with Gasteiger partial charge in [-0.05, 0) is 60.9 Å². The van der Waals surface area contributed by atoms with Crippen LogP contribution in [0.25, 0.3) is 0 Å². The minimum Gasteiger partial charge on any atom is -0.322 e. The molecule has 8 heteroatoms. The fourth-order valence-corrected chi connectivity index (χ4v) is 5.64. The number of hydrogen-bond acceptors (Lipinski definition) is 3. The number of benzene rings is 3. The molecule has 0 atom stereocenters. The van der Waals surface area contributed by atoms with Gasteiger partial charge >= 0.3 is 0 Å². The van der Waals surface area contributed by atoms with Gasteiger partial charge in [0.2, 0.25) is 0 Å². The van der Waals surface area contributed by atoms with Gasteiger partial charge in [0.1, 0.15) is 4.90 Å². The molecule has 0 saturated carbocycles. The number of halogens is 2. The standard InChI is InChI=1S/C22H18Cl2N2O3S/c1-14-17(23)6-4-7-19(14)25-22(27)16-9-10-18(24)21(13-16)30(28,29)26-12-11-15-5-2-3-8-20(15)26/h2-10,13H,11-12H2,1H3,(H,25,27). The lowest BCUT2D eigenvalue weighted by molar-refractivity contribution is 0.102. The number of sulfonamides is 1. The van der Waals surface area contributed by atoms with Crippen LogP contribution < -0.4 is 9.62 Å². The van der Waals surface area contributed by atoms with E-state index in [2.05, 4.69) is 5.32 Å². The van der Waals surface area contributed by atoms with Gasteiger partial charge in [-0.15, -0.1) is 0 Å². The van der Waals surface area contributed by atoms with E-state index in [9.17, 15) is 13.2 Å². The Morgan fingerprint density at radius 3 is 2.57 bits per heavy atom. The van der Waals surface area contributed by atoms with E-state index in [4.69, 9.17) is 23.2 Å². The minimum absolute atomic E-state index is 0.0647. The average molecular weight is 461 g/mol. The van der Waals surface area contributed by atoms with Gasteiger partial charge in [-0.25, -0.2) is 8.42 Å². The molecule has 0 unspecified atom stereocenters. The van der Waals surface area contributed by atoms with Crippen molar-refractivity contribution in [2.24, 2.45) is 0 Å². The summed E-state index contributed by atoms with van der Waals surface area (Å²) in [5, 5.41) is 3.37. The highest BCUT2D eigenvalue weighted by Crippen LogP contribution is 2.35. The topological polar surface area (TPSA) is 66.5 Å². The molecule has 0 aromatic heterocycles. The predicted molar refractivity (Wildman–Crippen MR) is 120 cm³/mol. The van der Waals surface area contributed by atoms with E-state index in [1.54, 1.807) is 37.3 Å². The predicted octanol–water partition coefficient (Wildman–Crippen LogP) is 5.31. The number of amides is 1. The maximum absolute atomic E-state index is 13.3. The largest absolute Gasteiger partial charge is 0.322 e. The average Bonchev–Trinajstić information content (AvgIpc) is 3.16. The molecule has 0 radical (unpaired) electrons. The summed E-state index contributed by atoms with van der Waals surface area (Å²) in [5.74, 6) is -0.449. The quantitative estimate of drug-likeness (QED) is 0.573. The lowest BCUT2D eigenvalue weighted by Crippen LogP contribution is -2.29. The third kappa shape index (κ3) is 3.67. The first-order valence-corrected chi connectivity index (χ1v) is 11.5. The van der Waals surface area contributed by atoms with Crippen molar-refractivity contribution in [3.63, 3.8) is 0 Å². The first kappa shape index (κ1) is 20.7. The van der Waals surface area contributed by atoms with Gasteiger partial charge in [-0.2, -0.15) is 0 Å². The normalized spacial score (nSPS) is 13.2. The zero-order valence-corrected chi connectivity index (χ0v) is 18.4. The molecule has 1 amide bonds. The summed E-state index contributed by atoms with van der Waals surface area (Å²) in [4.78, 5) is 12.7. The van der Waals surface area contributed by atoms with Crippen LogP contribution in [0.15, 0.2) is 65.6 Å². The summed E-state index contributed by atoms with van der Waals surface area (Å²) < 4.78 is 28.0. The maximum Gasteiger partial charge on any atom is 0.265 e. The highest BCUT2D eigenvalue weighted by atomic mass is 35.5. The van der Waals surface area contributed by atoms with Gasteiger partial charge in [0, 0.05) is 22.8 Å². The van der Waals surface area contributed by atoms with Gasteiger partial charge in [-0.1, -0.05) is 47.5 Å². The summed E-state index contributed by atoms with van der Waals surface area (Å²) >= 11 is 12.4. The van der Waals surface area contributed by atoms with Crippen LogP contribution in [0.4, 0.5) is 11.4 Å². The van der Waals surface area contributed by atoms with Crippen LogP contribution >= 0.6 is 23.2 Å². The number of para-hydroxylation sites is 1. The summed E-state index contributed by atoms with van der Waals surface area (Å²) in [6.45, 7) is 2.12. The second kappa shape index (κ2) is 7.95. The molecule has 5 nitrogen and oxygen atoms in total. The molecule has 0 fully saturated rings. The fourth-order valence-electron chi connectivity index (χ4n) is 3.46. The molecule has 154 valence electrons. The number of hydrogen-bond donors (Lipinski definition) is 1. The highest BCUT2D eigenvalue weighted by molar-refractivity contribution is 7.93. The van der Waals surface area contributed by atoms with Crippen LogP contribution in [0.3, 0.4) is 0 Å². The second-order valence-corrected chi connectivity index (χ2v) is 9.61. The lowest BCUT2D eigenvalue weighted by atomic mass is 10.1. The number of carbonyl (C=O) groups is 1. The lowest BCUT2D eigenvalue weighted by Gasteiger charge is -2.20. The summed E-state index contributed by atoms with van der Waals surface area (Å²) in [5.41, 5.74) is 3.06. The maximum atomic E-state index is 13.3. The van der Waals surface area contributed by atoms with Gasteiger partial charge in [0.25, 0.3) is 15.9 Å². The van der Waals surface area contributed by atoms with Gasteiger partial charge in [-0.3, -0.25) is 9.10 Å². The van der Waals surface area contributed by atoms with Crippen molar-refractivity contribution in [2.75, 3.05) is 16.2 Å². The molecule has 3 aromatic rings. The molecule has 1 N–H and O–H groups in total. The van der Waals surface area contributed by atoms with Crippen LogP contribution in [-0.4, -0.2) is 20.9 Å². The van der Waals surface area contributed by atoms with Crippen molar-refractivity contribution < 1.29 is 13.2 Å². The van der Waals surface area contributed by atoms with Crippen molar-refractivity contribution in [2.45, 2.75) is 18.2 Å². The van der Waals surface area contributed by atoms with Crippen molar-refractivity contribution in [1.29, 1.82) is 0 Å². The molecule has 1 aliphatic heterocycles. The van der Waals surface area contributed by atoms with Crippen molar-refractivity contribution in [3.8, 4) is 0 Å². The van der Waals surface area contributed by atoms with Crippen LogP contribution in [0, 0.1) is 6.92 Å². The molecular formula is C22H18Cl2N2O3S. The molecule has 1 aliphatic rings. The SMILES string of the molecule is Cc1c(Cl)cccc1NC(=O)c1ccc(Cl)c(S(=O)(=O)N2CCc3ccccc32)c1. The van der Waals surface area contributed by atoms with Crippen molar-refractivity contribution in [1.82, 2.24) is 0 Å².